The highest BCUT2D eigenvalue weighted by molar-refractivity contribution is 5.58. The maximum Gasteiger partial charge on any atom is 0.423 e. The van der Waals surface area contributed by atoms with Gasteiger partial charge in [-0.15, -0.1) is 0 Å². The van der Waals surface area contributed by atoms with E-state index in [4.69, 9.17) is 9.47 Å². The van der Waals surface area contributed by atoms with Gasteiger partial charge in [-0.25, -0.2) is 4.98 Å². The number of ether oxygens (including phenoxy) is 2. The average Bonchev–Trinajstić information content (AvgIpc) is 2.58. The monoisotopic (exact) mass is 369 g/mol. The molecule has 5 nitrogen and oxygen atoms in total. The zero-order valence-electron chi connectivity index (χ0n) is 15.2. The molecule has 0 fully saturated rings. The van der Waals surface area contributed by atoms with Gasteiger partial charge in [0.25, 0.3) is 0 Å². The van der Waals surface area contributed by atoms with Crippen molar-refractivity contribution in [3.63, 3.8) is 0 Å². The SMILES string of the molecule is CCCOc1nc(N(C)c2ccc(OC(C)C)cc2)ncc1C(F)(F)F. The van der Waals surface area contributed by atoms with E-state index >= 15 is 0 Å². The third-order valence-electron chi connectivity index (χ3n) is 3.39. The summed E-state index contributed by atoms with van der Waals surface area (Å²) >= 11 is 0. The van der Waals surface area contributed by atoms with Crippen molar-refractivity contribution in [2.75, 3.05) is 18.6 Å². The first kappa shape index (κ1) is 19.8. The summed E-state index contributed by atoms with van der Waals surface area (Å²) in [6.45, 7) is 5.80. The summed E-state index contributed by atoms with van der Waals surface area (Å²) in [5.74, 6) is 0.357. The van der Waals surface area contributed by atoms with E-state index in [1.807, 2.05) is 20.8 Å². The molecule has 0 atom stereocenters. The van der Waals surface area contributed by atoms with Crippen molar-refractivity contribution in [3.05, 3.63) is 36.0 Å². The van der Waals surface area contributed by atoms with Crippen LogP contribution in [-0.4, -0.2) is 29.7 Å². The Morgan fingerprint density at radius 1 is 1.15 bits per heavy atom. The Bertz CT molecular complexity index is 719. The van der Waals surface area contributed by atoms with E-state index in [9.17, 15) is 13.2 Å². The van der Waals surface area contributed by atoms with E-state index in [0.717, 1.165) is 6.20 Å². The van der Waals surface area contributed by atoms with Gasteiger partial charge in [0, 0.05) is 18.9 Å². The zero-order chi connectivity index (χ0) is 19.3. The van der Waals surface area contributed by atoms with E-state index in [1.165, 1.54) is 0 Å². The van der Waals surface area contributed by atoms with E-state index < -0.39 is 17.6 Å². The molecule has 1 aromatic heterocycles. The molecule has 0 radical (unpaired) electrons. The number of nitrogens with zero attached hydrogens (tertiary/aromatic N) is 3. The molecule has 0 N–H and O–H groups in total. The van der Waals surface area contributed by atoms with Crippen LogP contribution in [-0.2, 0) is 6.18 Å². The molecule has 0 saturated carbocycles. The van der Waals surface area contributed by atoms with Gasteiger partial charge in [-0.3, -0.25) is 0 Å². The second kappa shape index (κ2) is 8.25. The van der Waals surface area contributed by atoms with Crippen LogP contribution in [0.15, 0.2) is 30.5 Å². The lowest BCUT2D eigenvalue weighted by molar-refractivity contribution is -0.139. The van der Waals surface area contributed by atoms with Crippen molar-refractivity contribution < 1.29 is 22.6 Å². The quantitative estimate of drug-likeness (QED) is 0.699. The van der Waals surface area contributed by atoms with Crippen LogP contribution in [0.1, 0.15) is 32.8 Å². The zero-order valence-corrected chi connectivity index (χ0v) is 15.2. The van der Waals surface area contributed by atoms with Gasteiger partial charge in [-0.05, 0) is 44.5 Å². The van der Waals surface area contributed by atoms with Gasteiger partial charge in [0.2, 0.25) is 11.8 Å². The van der Waals surface area contributed by atoms with Crippen molar-refractivity contribution >= 4 is 11.6 Å². The third kappa shape index (κ3) is 5.00. The van der Waals surface area contributed by atoms with Gasteiger partial charge in [0.1, 0.15) is 11.3 Å². The van der Waals surface area contributed by atoms with Crippen LogP contribution < -0.4 is 14.4 Å². The molecule has 0 saturated heterocycles. The Labute approximate surface area is 150 Å². The molecule has 8 heteroatoms. The second-order valence-corrected chi connectivity index (χ2v) is 5.95. The molecule has 0 unspecified atom stereocenters. The fourth-order valence-corrected chi connectivity index (χ4v) is 2.16. The van der Waals surface area contributed by atoms with Crippen LogP contribution in [0.3, 0.4) is 0 Å². The summed E-state index contributed by atoms with van der Waals surface area (Å²) in [6, 6.07) is 7.13. The molecule has 142 valence electrons. The van der Waals surface area contributed by atoms with E-state index in [2.05, 4.69) is 9.97 Å². The maximum absolute atomic E-state index is 13.1. The molecule has 0 aliphatic carbocycles. The van der Waals surface area contributed by atoms with E-state index in [1.54, 1.807) is 36.2 Å². The van der Waals surface area contributed by atoms with Crippen LogP contribution >= 0.6 is 0 Å². The smallest absolute Gasteiger partial charge is 0.423 e. The van der Waals surface area contributed by atoms with Crippen LogP contribution in [0.5, 0.6) is 11.6 Å². The number of aromatic nitrogens is 2. The van der Waals surface area contributed by atoms with Crippen LogP contribution in [0.4, 0.5) is 24.8 Å². The fraction of sp³-hybridized carbons (Fsp3) is 0.444. The van der Waals surface area contributed by atoms with Crippen molar-refractivity contribution in [1.29, 1.82) is 0 Å². The average molecular weight is 369 g/mol. The first-order valence-electron chi connectivity index (χ1n) is 8.29. The van der Waals surface area contributed by atoms with Gasteiger partial charge >= 0.3 is 6.18 Å². The van der Waals surface area contributed by atoms with Crippen molar-refractivity contribution in [1.82, 2.24) is 9.97 Å². The Hall–Kier alpha value is -2.51. The standard InChI is InChI=1S/C18H22F3N3O2/c1-5-10-25-16-15(18(19,20)21)11-22-17(23-16)24(4)13-6-8-14(9-7-13)26-12(2)3/h6-9,11-12H,5,10H2,1-4H3. The Balaban J connectivity index is 2.29. The van der Waals surface area contributed by atoms with Gasteiger partial charge in [0.05, 0.1) is 12.7 Å². The minimum absolute atomic E-state index is 0.0510. The van der Waals surface area contributed by atoms with Crippen molar-refractivity contribution in [3.8, 4) is 11.6 Å². The Morgan fingerprint density at radius 3 is 2.35 bits per heavy atom. The molecule has 2 aromatic rings. The van der Waals surface area contributed by atoms with E-state index in [-0.39, 0.29) is 18.7 Å². The molecule has 2 rings (SSSR count). The van der Waals surface area contributed by atoms with Gasteiger partial charge in [-0.1, -0.05) is 6.92 Å². The molecular weight excluding hydrogens is 347 g/mol. The summed E-state index contributed by atoms with van der Waals surface area (Å²) in [5, 5.41) is 0. The Kier molecular flexibility index (Phi) is 6.28. The van der Waals surface area contributed by atoms with Crippen LogP contribution in [0, 0.1) is 0 Å². The predicted molar refractivity (Wildman–Crippen MR) is 93.1 cm³/mol. The summed E-state index contributed by atoms with van der Waals surface area (Å²) in [6.07, 6.45) is -3.20. The first-order chi connectivity index (χ1) is 12.2. The minimum Gasteiger partial charge on any atom is -0.491 e. The summed E-state index contributed by atoms with van der Waals surface area (Å²) in [4.78, 5) is 9.39. The first-order valence-corrected chi connectivity index (χ1v) is 8.29. The Morgan fingerprint density at radius 2 is 1.81 bits per heavy atom. The predicted octanol–water partition coefficient (Wildman–Crippen LogP) is 4.84. The highest BCUT2D eigenvalue weighted by atomic mass is 19.4. The summed E-state index contributed by atoms with van der Waals surface area (Å²) in [7, 11) is 1.67. The lowest BCUT2D eigenvalue weighted by atomic mass is 10.3. The molecule has 1 aromatic carbocycles. The lowest BCUT2D eigenvalue weighted by Gasteiger charge is -2.20. The van der Waals surface area contributed by atoms with Crippen LogP contribution in [0.2, 0.25) is 0 Å². The topological polar surface area (TPSA) is 47.5 Å². The number of rotatable bonds is 7. The van der Waals surface area contributed by atoms with Gasteiger partial charge in [-0.2, -0.15) is 18.2 Å². The lowest BCUT2D eigenvalue weighted by Crippen LogP contribution is -2.17. The number of anilines is 2. The van der Waals surface area contributed by atoms with Gasteiger partial charge < -0.3 is 14.4 Å². The number of hydrogen-bond acceptors (Lipinski definition) is 5. The molecule has 1 heterocycles. The largest absolute Gasteiger partial charge is 0.491 e. The maximum atomic E-state index is 13.1. The normalized spacial score (nSPS) is 11.5. The summed E-state index contributed by atoms with van der Waals surface area (Å²) < 4.78 is 50.0. The molecule has 0 bridgehead atoms. The van der Waals surface area contributed by atoms with Crippen molar-refractivity contribution in [2.45, 2.75) is 39.5 Å². The van der Waals surface area contributed by atoms with Crippen molar-refractivity contribution in [2.24, 2.45) is 0 Å². The number of benzene rings is 1. The molecule has 0 spiro atoms. The number of halogens is 3. The summed E-state index contributed by atoms with van der Waals surface area (Å²) in [5.41, 5.74) is -0.272. The molecule has 26 heavy (non-hydrogen) atoms. The highest BCUT2D eigenvalue weighted by Crippen LogP contribution is 2.36. The molecule has 0 amide bonds. The second-order valence-electron chi connectivity index (χ2n) is 5.95. The molecular formula is C18H22F3N3O2. The van der Waals surface area contributed by atoms with Crippen LogP contribution in [0.25, 0.3) is 0 Å². The third-order valence-corrected chi connectivity index (χ3v) is 3.39. The highest BCUT2D eigenvalue weighted by Gasteiger charge is 2.36. The van der Waals surface area contributed by atoms with Gasteiger partial charge in [0.15, 0.2) is 0 Å². The van der Waals surface area contributed by atoms with E-state index in [0.29, 0.717) is 17.9 Å². The number of alkyl halides is 3. The number of hydrogen-bond donors (Lipinski definition) is 0. The minimum atomic E-state index is -4.57. The molecule has 0 aliphatic heterocycles. The molecule has 0 aliphatic rings. The fourth-order valence-electron chi connectivity index (χ4n) is 2.16.